The first kappa shape index (κ1) is 19.3. The van der Waals surface area contributed by atoms with E-state index in [9.17, 15) is 4.79 Å². The van der Waals surface area contributed by atoms with E-state index in [1.807, 2.05) is 32.3 Å². The molecule has 0 radical (unpaired) electrons. The Hall–Kier alpha value is -3.00. The van der Waals surface area contributed by atoms with E-state index in [1.165, 1.54) is 0 Å². The van der Waals surface area contributed by atoms with Gasteiger partial charge < -0.3 is 15.4 Å². The minimum Gasteiger partial charge on any atom is -0.493 e. The number of nitrogens with zero attached hydrogens (tertiary/aromatic N) is 4. The van der Waals surface area contributed by atoms with Gasteiger partial charge in [0.2, 0.25) is 0 Å². The van der Waals surface area contributed by atoms with E-state index >= 15 is 0 Å². The Morgan fingerprint density at radius 1 is 1.34 bits per heavy atom. The summed E-state index contributed by atoms with van der Waals surface area (Å²) >= 11 is 0. The molecule has 1 saturated heterocycles. The summed E-state index contributed by atoms with van der Waals surface area (Å²) in [6.45, 7) is 5.52. The molecule has 29 heavy (non-hydrogen) atoms. The van der Waals surface area contributed by atoms with Crippen LogP contribution in [0.15, 0.2) is 30.5 Å². The van der Waals surface area contributed by atoms with Crippen LogP contribution >= 0.6 is 0 Å². The second kappa shape index (κ2) is 8.16. The minimum atomic E-state index is -0.281. The highest BCUT2D eigenvalue weighted by Crippen LogP contribution is 2.28. The third-order valence-electron chi connectivity index (χ3n) is 5.23. The SMILES string of the molecule is CCOc1cc2nn(C)cc2cc1C(=O)Nc1ccc(C2CCN[C@@H](C)C2)nn1. The molecule has 1 aromatic carbocycles. The Labute approximate surface area is 169 Å². The Bertz CT molecular complexity index is 1010. The first-order chi connectivity index (χ1) is 14.0. The van der Waals surface area contributed by atoms with Gasteiger partial charge >= 0.3 is 0 Å². The molecule has 1 unspecified atom stereocenters. The summed E-state index contributed by atoms with van der Waals surface area (Å²) in [7, 11) is 1.85. The normalized spacial score (nSPS) is 19.3. The summed E-state index contributed by atoms with van der Waals surface area (Å²) in [5.74, 6) is 1.05. The fraction of sp³-hybridized carbons (Fsp3) is 0.429. The number of benzene rings is 1. The highest BCUT2D eigenvalue weighted by molar-refractivity contribution is 6.08. The first-order valence-corrected chi connectivity index (χ1v) is 10.0. The average Bonchev–Trinajstić information content (AvgIpc) is 3.07. The number of carbonyl (C=O) groups is 1. The van der Waals surface area contributed by atoms with E-state index in [2.05, 4.69) is 32.9 Å². The third-order valence-corrected chi connectivity index (χ3v) is 5.23. The third kappa shape index (κ3) is 4.22. The van der Waals surface area contributed by atoms with Crippen LogP contribution in [0.25, 0.3) is 10.9 Å². The van der Waals surface area contributed by atoms with Crippen LogP contribution in [0, 0.1) is 0 Å². The summed E-state index contributed by atoms with van der Waals surface area (Å²) < 4.78 is 7.39. The molecule has 0 aliphatic carbocycles. The van der Waals surface area contributed by atoms with Crippen molar-refractivity contribution in [1.29, 1.82) is 0 Å². The minimum absolute atomic E-state index is 0.281. The quantitative estimate of drug-likeness (QED) is 0.691. The number of anilines is 1. The van der Waals surface area contributed by atoms with E-state index in [0.717, 1.165) is 36.0 Å². The maximum Gasteiger partial charge on any atom is 0.260 e. The molecular formula is C21H26N6O2. The Morgan fingerprint density at radius 3 is 2.93 bits per heavy atom. The van der Waals surface area contributed by atoms with E-state index in [1.54, 1.807) is 16.8 Å². The molecule has 3 aromatic rings. The summed E-state index contributed by atoms with van der Waals surface area (Å²) in [6, 6.07) is 7.84. The fourth-order valence-electron chi connectivity index (χ4n) is 3.84. The molecule has 1 amide bonds. The molecule has 1 aliphatic heterocycles. The number of carbonyl (C=O) groups excluding carboxylic acids is 1. The van der Waals surface area contributed by atoms with Crippen molar-refractivity contribution in [1.82, 2.24) is 25.3 Å². The topological polar surface area (TPSA) is 94.0 Å². The van der Waals surface area contributed by atoms with Crippen LogP contribution < -0.4 is 15.4 Å². The lowest BCUT2D eigenvalue weighted by atomic mass is 9.90. The smallest absolute Gasteiger partial charge is 0.260 e. The lowest BCUT2D eigenvalue weighted by Crippen LogP contribution is -2.35. The van der Waals surface area contributed by atoms with Crippen LogP contribution in [0.1, 0.15) is 48.7 Å². The van der Waals surface area contributed by atoms with Gasteiger partial charge in [-0.2, -0.15) is 10.2 Å². The molecule has 8 heteroatoms. The van der Waals surface area contributed by atoms with Crippen LogP contribution in [-0.4, -0.2) is 45.1 Å². The number of ether oxygens (including phenoxy) is 1. The maximum absolute atomic E-state index is 12.9. The summed E-state index contributed by atoms with van der Waals surface area (Å²) in [4.78, 5) is 12.9. The van der Waals surface area contributed by atoms with Crippen molar-refractivity contribution in [3.8, 4) is 5.75 Å². The highest BCUT2D eigenvalue weighted by Gasteiger charge is 2.22. The van der Waals surface area contributed by atoms with Crippen LogP contribution in [-0.2, 0) is 7.05 Å². The van der Waals surface area contributed by atoms with E-state index in [-0.39, 0.29) is 5.91 Å². The van der Waals surface area contributed by atoms with Gasteiger partial charge in [-0.15, -0.1) is 5.10 Å². The molecule has 1 aliphatic rings. The Morgan fingerprint density at radius 2 is 2.21 bits per heavy atom. The van der Waals surface area contributed by atoms with Crippen molar-refractivity contribution in [3.63, 3.8) is 0 Å². The summed E-state index contributed by atoms with van der Waals surface area (Å²) in [6.07, 6.45) is 3.97. The highest BCUT2D eigenvalue weighted by atomic mass is 16.5. The van der Waals surface area contributed by atoms with Crippen molar-refractivity contribution < 1.29 is 9.53 Å². The number of aryl methyl sites for hydroxylation is 1. The predicted molar refractivity (Wildman–Crippen MR) is 111 cm³/mol. The summed E-state index contributed by atoms with van der Waals surface area (Å²) in [5.41, 5.74) is 2.21. The van der Waals surface area contributed by atoms with Gasteiger partial charge in [-0.05, 0) is 51.4 Å². The van der Waals surface area contributed by atoms with Gasteiger partial charge in [-0.3, -0.25) is 9.48 Å². The van der Waals surface area contributed by atoms with Crippen molar-refractivity contribution in [2.45, 2.75) is 38.6 Å². The number of amides is 1. The monoisotopic (exact) mass is 394 g/mol. The molecule has 2 atom stereocenters. The lowest BCUT2D eigenvalue weighted by molar-refractivity contribution is 0.102. The van der Waals surface area contributed by atoms with Gasteiger partial charge in [-0.25, -0.2) is 0 Å². The van der Waals surface area contributed by atoms with Crippen molar-refractivity contribution in [2.24, 2.45) is 7.05 Å². The molecule has 1 fully saturated rings. The molecule has 2 aromatic heterocycles. The number of fused-ring (bicyclic) bond motifs is 1. The van der Waals surface area contributed by atoms with Gasteiger partial charge in [-0.1, -0.05) is 0 Å². The zero-order chi connectivity index (χ0) is 20.4. The molecule has 0 spiro atoms. The van der Waals surface area contributed by atoms with Crippen molar-refractivity contribution in [3.05, 3.63) is 41.7 Å². The average molecular weight is 394 g/mol. The Balaban J connectivity index is 1.53. The number of nitrogens with one attached hydrogen (secondary N) is 2. The number of aromatic nitrogens is 4. The molecule has 0 bridgehead atoms. The number of rotatable bonds is 5. The van der Waals surface area contributed by atoms with Crippen LogP contribution in [0.4, 0.5) is 5.82 Å². The fourth-order valence-corrected chi connectivity index (χ4v) is 3.84. The second-order valence-electron chi connectivity index (χ2n) is 7.52. The predicted octanol–water partition coefficient (Wildman–Crippen LogP) is 2.87. The van der Waals surface area contributed by atoms with Crippen molar-refractivity contribution >= 4 is 22.6 Å². The van der Waals surface area contributed by atoms with Gasteiger partial charge in [0.05, 0.1) is 23.4 Å². The van der Waals surface area contributed by atoms with Crippen molar-refractivity contribution in [2.75, 3.05) is 18.5 Å². The largest absolute Gasteiger partial charge is 0.493 e. The number of hydrogen-bond donors (Lipinski definition) is 2. The van der Waals surface area contributed by atoms with Gasteiger partial charge in [0.15, 0.2) is 5.82 Å². The van der Waals surface area contributed by atoms with Gasteiger partial charge in [0.1, 0.15) is 5.75 Å². The van der Waals surface area contributed by atoms with Gasteiger partial charge in [0.25, 0.3) is 5.91 Å². The lowest BCUT2D eigenvalue weighted by Gasteiger charge is -2.27. The second-order valence-corrected chi connectivity index (χ2v) is 7.52. The van der Waals surface area contributed by atoms with Crippen LogP contribution in [0.3, 0.4) is 0 Å². The van der Waals surface area contributed by atoms with Gasteiger partial charge in [0, 0.05) is 36.7 Å². The maximum atomic E-state index is 12.9. The zero-order valence-corrected chi connectivity index (χ0v) is 17.0. The molecule has 8 nitrogen and oxygen atoms in total. The first-order valence-electron chi connectivity index (χ1n) is 10.0. The Kier molecular flexibility index (Phi) is 5.44. The molecule has 2 N–H and O–H groups in total. The van der Waals surface area contributed by atoms with Crippen LogP contribution in [0.2, 0.25) is 0 Å². The molecule has 4 rings (SSSR count). The zero-order valence-electron chi connectivity index (χ0n) is 17.0. The molecule has 152 valence electrons. The van der Waals surface area contributed by atoms with E-state index in [0.29, 0.717) is 35.7 Å². The number of piperidine rings is 1. The molecule has 0 saturated carbocycles. The van der Waals surface area contributed by atoms with E-state index in [4.69, 9.17) is 4.74 Å². The standard InChI is InChI=1S/C21H26N6O2/c1-4-29-19-11-18-15(12-27(3)26-18)10-16(19)21(28)23-20-6-5-17(24-25-20)14-7-8-22-13(2)9-14/h5-6,10-14,22H,4,7-9H2,1-3H3,(H,23,25,28)/t13-,14?/m0/s1. The molecule has 3 heterocycles. The summed E-state index contributed by atoms with van der Waals surface area (Å²) in [5, 5.41) is 20.1. The number of hydrogen-bond acceptors (Lipinski definition) is 6. The van der Waals surface area contributed by atoms with Crippen LogP contribution in [0.5, 0.6) is 5.75 Å². The van der Waals surface area contributed by atoms with E-state index < -0.39 is 0 Å². The molecular weight excluding hydrogens is 368 g/mol.